The van der Waals surface area contributed by atoms with Crippen LogP contribution in [0.25, 0.3) is 0 Å². The quantitative estimate of drug-likeness (QED) is 0.295. The lowest BCUT2D eigenvalue weighted by molar-refractivity contribution is -0.270. The van der Waals surface area contributed by atoms with Gasteiger partial charge in [-0.15, -0.1) is 0 Å². The molecule has 2 amide bonds. The van der Waals surface area contributed by atoms with Crippen molar-refractivity contribution >= 4 is 11.8 Å². The second-order valence-corrected chi connectivity index (χ2v) is 8.16. The van der Waals surface area contributed by atoms with Gasteiger partial charge in [-0.2, -0.15) is 0 Å². The minimum atomic E-state index is -1.33. The van der Waals surface area contributed by atoms with E-state index in [1.165, 1.54) is 6.92 Å². The number of aliphatic hydroxyl groups is 3. The number of hydrogen-bond donors (Lipinski definition) is 4. The number of hydrogen-bond acceptors (Lipinski definition) is 8. The van der Waals surface area contributed by atoms with Gasteiger partial charge in [0.2, 0.25) is 11.8 Å². The van der Waals surface area contributed by atoms with Gasteiger partial charge in [0.15, 0.2) is 6.29 Å². The molecule has 10 nitrogen and oxygen atoms in total. The van der Waals surface area contributed by atoms with Crippen molar-refractivity contribution in [3.63, 3.8) is 0 Å². The molecule has 2 rings (SSSR count). The highest BCUT2D eigenvalue weighted by atomic mass is 16.7. The van der Waals surface area contributed by atoms with Gasteiger partial charge in [-0.3, -0.25) is 9.59 Å². The fraction of sp³-hybridized carbons (Fsp3) is 0.905. The highest BCUT2D eigenvalue weighted by molar-refractivity contribution is 5.76. The zero-order valence-corrected chi connectivity index (χ0v) is 18.6. The van der Waals surface area contributed by atoms with E-state index in [1.807, 2.05) is 11.8 Å². The van der Waals surface area contributed by atoms with E-state index in [0.717, 1.165) is 32.2 Å². The number of nitrogens with one attached hydrogen (secondary N) is 1. The molecule has 6 atom stereocenters. The van der Waals surface area contributed by atoms with Gasteiger partial charge in [-0.05, 0) is 32.6 Å². The molecular weight excluding hydrogens is 408 g/mol. The number of rotatable bonds is 12. The zero-order valence-electron chi connectivity index (χ0n) is 18.6. The summed E-state index contributed by atoms with van der Waals surface area (Å²) >= 11 is 0. The Morgan fingerprint density at radius 2 is 1.97 bits per heavy atom. The number of carbonyl (C=O) groups excluding carboxylic acids is 2. The standard InChI is InChI=1S/C21H38N2O8/c1-3-29-13-15-8-7-10-23(15)17(26)9-5-4-6-11-30-21-18(22-14(2)25)20(28)19(27)16(12-24)31-21/h15-16,18-21,24,27-28H,3-13H2,1-2H3,(H,22,25)/t15-,16?,18?,19?,20?,21?/m0/s1. The molecule has 0 saturated carbocycles. The van der Waals surface area contributed by atoms with Gasteiger partial charge in [-0.1, -0.05) is 6.42 Å². The summed E-state index contributed by atoms with van der Waals surface area (Å²) in [6, 6.07) is -0.750. The number of likely N-dealkylation sites (tertiary alicyclic amines) is 1. The summed E-state index contributed by atoms with van der Waals surface area (Å²) in [6.45, 7) is 5.12. The maximum atomic E-state index is 12.5. The van der Waals surface area contributed by atoms with Crippen molar-refractivity contribution in [2.24, 2.45) is 0 Å². The first-order valence-electron chi connectivity index (χ1n) is 11.3. The Bertz CT molecular complexity index is 563. The van der Waals surface area contributed by atoms with E-state index < -0.39 is 37.3 Å². The molecule has 2 saturated heterocycles. The molecule has 2 aliphatic rings. The fourth-order valence-electron chi connectivity index (χ4n) is 4.10. The van der Waals surface area contributed by atoms with E-state index in [0.29, 0.717) is 32.7 Å². The Kier molecular flexibility index (Phi) is 11.1. The van der Waals surface area contributed by atoms with Crippen molar-refractivity contribution < 1.29 is 39.1 Å². The molecule has 0 radical (unpaired) electrons. The van der Waals surface area contributed by atoms with Crippen LogP contribution in [0.15, 0.2) is 0 Å². The van der Waals surface area contributed by atoms with Crippen LogP contribution in [-0.4, -0.2) is 102 Å². The topological polar surface area (TPSA) is 138 Å². The summed E-state index contributed by atoms with van der Waals surface area (Å²) in [5.41, 5.74) is 0. The predicted octanol–water partition coefficient (Wildman–Crippen LogP) is -0.465. The monoisotopic (exact) mass is 446 g/mol. The molecule has 4 N–H and O–H groups in total. The Hall–Kier alpha value is -1.30. The van der Waals surface area contributed by atoms with Crippen LogP contribution in [0, 0.1) is 0 Å². The first-order chi connectivity index (χ1) is 14.9. The third-order valence-corrected chi connectivity index (χ3v) is 5.78. The average Bonchev–Trinajstić information content (AvgIpc) is 3.22. The van der Waals surface area contributed by atoms with Crippen LogP contribution in [0.4, 0.5) is 0 Å². The van der Waals surface area contributed by atoms with Gasteiger partial charge in [0, 0.05) is 33.1 Å². The molecule has 2 fully saturated rings. The molecule has 0 spiro atoms. The number of nitrogens with zero attached hydrogens (tertiary/aromatic N) is 1. The van der Waals surface area contributed by atoms with E-state index in [-0.39, 0.29) is 17.9 Å². The van der Waals surface area contributed by atoms with Crippen LogP contribution in [-0.2, 0) is 23.8 Å². The van der Waals surface area contributed by atoms with Crippen molar-refractivity contribution in [2.75, 3.05) is 33.0 Å². The summed E-state index contributed by atoms with van der Waals surface area (Å²) in [6.07, 6.45) is 0.0581. The smallest absolute Gasteiger partial charge is 0.222 e. The maximum absolute atomic E-state index is 12.5. The summed E-state index contributed by atoms with van der Waals surface area (Å²) in [5, 5.41) is 32.1. The molecule has 31 heavy (non-hydrogen) atoms. The molecule has 0 aliphatic carbocycles. The van der Waals surface area contributed by atoms with Crippen molar-refractivity contribution in [3.8, 4) is 0 Å². The lowest BCUT2D eigenvalue weighted by atomic mass is 9.97. The largest absolute Gasteiger partial charge is 0.394 e. The minimum Gasteiger partial charge on any atom is -0.394 e. The Morgan fingerprint density at radius 1 is 1.19 bits per heavy atom. The van der Waals surface area contributed by atoms with Gasteiger partial charge in [0.05, 0.1) is 19.3 Å². The zero-order chi connectivity index (χ0) is 22.8. The number of unbranched alkanes of at least 4 members (excludes halogenated alkanes) is 2. The van der Waals surface area contributed by atoms with E-state index in [1.54, 1.807) is 0 Å². The predicted molar refractivity (Wildman–Crippen MR) is 111 cm³/mol. The summed E-state index contributed by atoms with van der Waals surface area (Å²) in [5.74, 6) is -0.230. The Morgan fingerprint density at radius 3 is 2.65 bits per heavy atom. The van der Waals surface area contributed by atoms with E-state index in [2.05, 4.69) is 5.32 Å². The lowest BCUT2D eigenvalue weighted by Crippen LogP contribution is -2.64. The van der Waals surface area contributed by atoms with Crippen LogP contribution in [0.5, 0.6) is 0 Å². The minimum absolute atomic E-state index is 0.160. The molecule has 180 valence electrons. The molecule has 0 aromatic heterocycles. The van der Waals surface area contributed by atoms with Crippen LogP contribution in [0.3, 0.4) is 0 Å². The number of carbonyl (C=O) groups is 2. The lowest BCUT2D eigenvalue weighted by Gasteiger charge is -2.42. The van der Waals surface area contributed by atoms with Gasteiger partial charge < -0.3 is 39.7 Å². The fourth-order valence-corrected chi connectivity index (χ4v) is 4.10. The molecule has 10 heteroatoms. The highest BCUT2D eigenvalue weighted by Crippen LogP contribution is 2.23. The summed E-state index contributed by atoms with van der Waals surface area (Å²) in [7, 11) is 0. The van der Waals surface area contributed by atoms with E-state index in [9.17, 15) is 24.9 Å². The number of ether oxygens (including phenoxy) is 3. The first kappa shape index (κ1) is 26.0. The maximum Gasteiger partial charge on any atom is 0.222 e. The number of aliphatic hydroxyl groups excluding tert-OH is 3. The third kappa shape index (κ3) is 7.65. The van der Waals surface area contributed by atoms with Crippen molar-refractivity contribution in [3.05, 3.63) is 0 Å². The molecule has 0 aromatic rings. The van der Waals surface area contributed by atoms with Gasteiger partial charge >= 0.3 is 0 Å². The van der Waals surface area contributed by atoms with Gasteiger partial charge in [-0.25, -0.2) is 0 Å². The molecule has 0 aromatic carbocycles. The third-order valence-electron chi connectivity index (χ3n) is 5.78. The summed E-state index contributed by atoms with van der Waals surface area (Å²) in [4.78, 5) is 25.8. The average molecular weight is 447 g/mol. The second kappa shape index (κ2) is 13.3. The first-order valence-corrected chi connectivity index (χ1v) is 11.3. The second-order valence-electron chi connectivity index (χ2n) is 8.16. The highest BCUT2D eigenvalue weighted by Gasteiger charge is 2.45. The SMILES string of the molecule is CCOC[C@@H]1CCCN1C(=O)CCCCCOC1OC(CO)C(O)C(O)C1NC(C)=O. The Balaban J connectivity index is 1.70. The summed E-state index contributed by atoms with van der Waals surface area (Å²) < 4.78 is 16.7. The van der Waals surface area contributed by atoms with Gasteiger partial charge in [0.1, 0.15) is 24.4 Å². The molecular formula is C21H38N2O8. The normalized spacial score (nSPS) is 31.1. The van der Waals surface area contributed by atoms with Crippen LogP contribution in [0.2, 0.25) is 0 Å². The van der Waals surface area contributed by atoms with Crippen LogP contribution < -0.4 is 5.32 Å². The van der Waals surface area contributed by atoms with Crippen molar-refractivity contribution in [1.82, 2.24) is 10.2 Å². The Labute approximate surface area is 183 Å². The van der Waals surface area contributed by atoms with Gasteiger partial charge in [0.25, 0.3) is 0 Å². The molecule has 5 unspecified atom stereocenters. The van der Waals surface area contributed by atoms with Crippen molar-refractivity contribution in [1.29, 1.82) is 0 Å². The molecule has 2 aliphatic heterocycles. The van der Waals surface area contributed by atoms with Crippen LogP contribution >= 0.6 is 0 Å². The molecule has 0 bridgehead atoms. The van der Waals surface area contributed by atoms with E-state index in [4.69, 9.17) is 14.2 Å². The molecule has 2 heterocycles. The number of amides is 2. The van der Waals surface area contributed by atoms with E-state index >= 15 is 0 Å². The van der Waals surface area contributed by atoms with Crippen molar-refractivity contribution in [2.45, 2.75) is 89.1 Å². The van der Waals surface area contributed by atoms with Crippen LogP contribution in [0.1, 0.15) is 52.4 Å².